The van der Waals surface area contributed by atoms with Crippen LogP contribution >= 0.6 is 0 Å². The molecule has 0 N–H and O–H groups in total. The Hall–Kier alpha value is -1.10. The van der Waals surface area contributed by atoms with E-state index in [1.165, 1.54) is 64.2 Å². The van der Waals surface area contributed by atoms with Crippen molar-refractivity contribution in [2.45, 2.75) is 111 Å². The van der Waals surface area contributed by atoms with Gasteiger partial charge in [0.25, 0.3) is 0 Å². The van der Waals surface area contributed by atoms with Gasteiger partial charge in [0, 0.05) is 7.11 Å². The molecule has 0 aromatic carbocycles. The molecule has 0 amide bonds. The summed E-state index contributed by atoms with van der Waals surface area (Å²) in [4.78, 5) is 24.9. The number of carbonyl (C=O) groups is 2. The lowest BCUT2D eigenvalue weighted by Crippen LogP contribution is -2.41. The third-order valence-electron chi connectivity index (χ3n) is 5.74. The molecule has 0 atom stereocenters. The van der Waals surface area contributed by atoms with Crippen molar-refractivity contribution in [2.24, 2.45) is 5.41 Å². The monoisotopic (exact) mass is 414 g/mol. The van der Waals surface area contributed by atoms with Crippen molar-refractivity contribution >= 4 is 11.9 Å². The lowest BCUT2D eigenvalue weighted by molar-refractivity contribution is -0.174. The van der Waals surface area contributed by atoms with E-state index in [1.54, 1.807) is 7.11 Å². The van der Waals surface area contributed by atoms with E-state index in [9.17, 15) is 9.59 Å². The lowest BCUT2D eigenvalue weighted by atomic mass is 9.82. The summed E-state index contributed by atoms with van der Waals surface area (Å²) in [7, 11) is 1.55. The maximum Gasteiger partial charge on any atom is 0.323 e. The molecule has 0 saturated heterocycles. The predicted molar refractivity (Wildman–Crippen MR) is 118 cm³/mol. The molecule has 0 aliphatic heterocycles. The van der Waals surface area contributed by atoms with Crippen molar-refractivity contribution < 1.29 is 23.8 Å². The third kappa shape index (κ3) is 12.2. The maximum absolute atomic E-state index is 12.5. The molecule has 0 unspecified atom stereocenters. The first-order valence-electron chi connectivity index (χ1n) is 11.9. The molecule has 0 aliphatic rings. The van der Waals surface area contributed by atoms with Gasteiger partial charge in [0.2, 0.25) is 0 Å². The van der Waals surface area contributed by atoms with E-state index in [4.69, 9.17) is 14.2 Å². The molecule has 0 bridgehead atoms. The summed E-state index contributed by atoms with van der Waals surface area (Å²) in [5.74, 6) is -0.952. The van der Waals surface area contributed by atoms with E-state index in [-0.39, 0.29) is 6.61 Å². The summed E-state index contributed by atoms with van der Waals surface area (Å²) < 4.78 is 15.5. The molecule has 5 heteroatoms. The molecule has 0 heterocycles. The van der Waals surface area contributed by atoms with Crippen molar-refractivity contribution in [3.63, 3.8) is 0 Å². The highest BCUT2D eigenvalue weighted by Crippen LogP contribution is 2.30. The van der Waals surface area contributed by atoms with Gasteiger partial charge in [0.05, 0.1) is 13.2 Å². The minimum absolute atomic E-state index is 0.156. The number of rotatable bonds is 20. The first-order chi connectivity index (χ1) is 14.1. The molecular weight excluding hydrogens is 368 g/mol. The van der Waals surface area contributed by atoms with Crippen molar-refractivity contribution in [2.75, 3.05) is 26.9 Å². The SMILES string of the molecule is CCCCCCCCCCCCCCOC(=O)C(CC)(CC)C(=O)OCCOC. The molecular formula is C24H46O5. The zero-order chi connectivity index (χ0) is 21.8. The topological polar surface area (TPSA) is 61.8 Å². The Labute approximate surface area is 179 Å². The Morgan fingerprint density at radius 2 is 1.00 bits per heavy atom. The van der Waals surface area contributed by atoms with Gasteiger partial charge in [-0.1, -0.05) is 91.4 Å². The minimum Gasteiger partial charge on any atom is -0.465 e. The molecule has 0 radical (unpaired) electrons. The molecule has 0 saturated carbocycles. The molecule has 5 nitrogen and oxygen atoms in total. The molecule has 29 heavy (non-hydrogen) atoms. The van der Waals surface area contributed by atoms with Gasteiger partial charge in [-0.15, -0.1) is 0 Å². The van der Waals surface area contributed by atoms with E-state index in [2.05, 4.69) is 6.92 Å². The van der Waals surface area contributed by atoms with Gasteiger partial charge in [0.15, 0.2) is 5.41 Å². The van der Waals surface area contributed by atoms with Crippen LogP contribution in [0.5, 0.6) is 0 Å². The average molecular weight is 415 g/mol. The maximum atomic E-state index is 12.5. The number of methoxy groups -OCH3 is 1. The lowest BCUT2D eigenvalue weighted by Gasteiger charge is -2.26. The predicted octanol–water partition coefficient (Wildman–Crippen LogP) is 6.23. The molecule has 0 spiro atoms. The van der Waals surface area contributed by atoms with Crippen LogP contribution in [0.15, 0.2) is 0 Å². The van der Waals surface area contributed by atoms with E-state index in [0.29, 0.717) is 26.1 Å². The molecule has 0 fully saturated rings. The van der Waals surface area contributed by atoms with E-state index < -0.39 is 17.4 Å². The summed E-state index contributed by atoms with van der Waals surface area (Å²) in [5.41, 5.74) is -1.19. The highest BCUT2D eigenvalue weighted by atomic mass is 16.6. The van der Waals surface area contributed by atoms with Gasteiger partial charge in [-0.05, 0) is 19.3 Å². The van der Waals surface area contributed by atoms with Crippen molar-refractivity contribution in [1.82, 2.24) is 0 Å². The van der Waals surface area contributed by atoms with E-state index >= 15 is 0 Å². The first-order valence-corrected chi connectivity index (χ1v) is 11.9. The minimum atomic E-state index is -1.19. The van der Waals surface area contributed by atoms with Crippen LogP contribution in [-0.4, -0.2) is 38.9 Å². The number of carbonyl (C=O) groups excluding carboxylic acids is 2. The highest BCUT2D eigenvalue weighted by molar-refractivity contribution is 5.99. The van der Waals surface area contributed by atoms with Crippen molar-refractivity contribution in [1.29, 1.82) is 0 Å². The van der Waals surface area contributed by atoms with Gasteiger partial charge < -0.3 is 14.2 Å². The zero-order valence-electron chi connectivity index (χ0n) is 19.6. The van der Waals surface area contributed by atoms with Gasteiger partial charge in [-0.3, -0.25) is 9.59 Å². The smallest absolute Gasteiger partial charge is 0.323 e. The third-order valence-corrected chi connectivity index (χ3v) is 5.74. The van der Waals surface area contributed by atoms with Crippen LogP contribution in [0.1, 0.15) is 111 Å². The second kappa shape index (κ2) is 18.9. The van der Waals surface area contributed by atoms with Crippen LogP contribution in [-0.2, 0) is 23.8 Å². The largest absolute Gasteiger partial charge is 0.465 e. The second-order valence-corrected chi connectivity index (χ2v) is 7.94. The summed E-state index contributed by atoms with van der Waals surface area (Å²) in [6.07, 6.45) is 15.9. The summed E-state index contributed by atoms with van der Waals surface area (Å²) in [5, 5.41) is 0. The molecule has 0 rings (SSSR count). The molecule has 0 aromatic heterocycles. The summed E-state index contributed by atoms with van der Waals surface area (Å²) in [6, 6.07) is 0. The quantitative estimate of drug-likeness (QED) is 0.134. The van der Waals surface area contributed by atoms with Crippen LogP contribution in [0.2, 0.25) is 0 Å². The number of hydrogen-bond acceptors (Lipinski definition) is 5. The van der Waals surface area contributed by atoms with Crippen LogP contribution in [0.25, 0.3) is 0 Å². The number of ether oxygens (including phenoxy) is 3. The Kier molecular flexibility index (Phi) is 18.2. The zero-order valence-corrected chi connectivity index (χ0v) is 19.6. The van der Waals surface area contributed by atoms with Crippen LogP contribution in [0.4, 0.5) is 0 Å². The van der Waals surface area contributed by atoms with E-state index in [1.807, 2.05) is 13.8 Å². The Morgan fingerprint density at radius 1 is 0.586 bits per heavy atom. The molecule has 0 aromatic rings. The summed E-state index contributed by atoms with van der Waals surface area (Å²) >= 11 is 0. The molecule has 0 aliphatic carbocycles. The number of hydrogen-bond donors (Lipinski definition) is 0. The average Bonchev–Trinajstić information content (AvgIpc) is 2.73. The van der Waals surface area contributed by atoms with E-state index in [0.717, 1.165) is 12.8 Å². The van der Waals surface area contributed by atoms with Crippen molar-refractivity contribution in [3.8, 4) is 0 Å². The van der Waals surface area contributed by atoms with Gasteiger partial charge >= 0.3 is 11.9 Å². The van der Waals surface area contributed by atoms with Crippen LogP contribution in [0.3, 0.4) is 0 Å². The van der Waals surface area contributed by atoms with Crippen molar-refractivity contribution in [3.05, 3.63) is 0 Å². The van der Waals surface area contributed by atoms with Crippen LogP contribution in [0, 0.1) is 5.41 Å². The number of esters is 2. The highest BCUT2D eigenvalue weighted by Gasteiger charge is 2.45. The Bertz CT molecular complexity index is 404. The second-order valence-electron chi connectivity index (χ2n) is 7.94. The number of unbranched alkanes of at least 4 members (excludes halogenated alkanes) is 11. The molecule has 172 valence electrons. The Morgan fingerprint density at radius 3 is 1.41 bits per heavy atom. The fourth-order valence-corrected chi connectivity index (χ4v) is 3.51. The first kappa shape index (κ1) is 27.9. The standard InChI is InChI=1S/C24H46O5/c1-5-8-9-10-11-12-13-14-15-16-17-18-19-28-22(25)24(6-2,7-3)23(26)29-21-20-27-4/h5-21H2,1-4H3. The van der Waals surface area contributed by atoms with Gasteiger partial charge in [-0.2, -0.15) is 0 Å². The van der Waals surface area contributed by atoms with Gasteiger partial charge in [-0.25, -0.2) is 0 Å². The Balaban J connectivity index is 3.87. The summed E-state index contributed by atoms with van der Waals surface area (Å²) in [6.45, 7) is 6.76. The fraction of sp³-hybridized carbons (Fsp3) is 0.917. The van der Waals surface area contributed by atoms with Gasteiger partial charge in [0.1, 0.15) is 6.61 Å². The normalized spacial score (nSPS) is 11.4. The fourth-order valence-electron chi connectivity index (χ4n) is 3.51. The van der Waals surface area contributed by atoms with Crippen LogP contribution < -0.4 is 0 Å².